The third kappa shape index (κ3) is 2.85. The Morgan fingerprint density at radius 3 is 2.96 bits per heavy atom. The molecule has 0 amide bonds. The van der Waals surface area contributed by atoms with Gasteiger partial charge in [0.25, 0.3) is 0 Å². The number of thioether (sulfide) groups is 1. The number of likely N-dealkylation sites (tertiary alicyclic amines) is 1. The average molecular weight is 333 g/mol. The molecule has 2 aliphatic carbocycles. The molecule has 0 aromatic rings. The van der Waals surface area contributed by atoms with E-state index in [4.69, 9.17) is 0 Å². The summed E-state index contributed by atoms with van der Waals surface area (Å²) in [4.78, 5) is 26.1. The summed E-state index contributed by atoms with van der Waals surface area (Å²) in [5, 5.41) is 0.444. The number of carbonyl (C=O) groups is 2. The highest BCUT2D eigenvalue weighted by Crippen LogP contribution is 2.42. The average Bonchev–Trinajstić information content (AvgIpc) is 3.30. The third-order valence-corrected chi connectivity index (χ3v) is 6.38. The van der Waals surface area contributed by atoms with Gasteiger partial charge >= 0.3 is 0 Å². The standard InChI is InChI=1S/C18H20FNO2S/c19-18(17(22)12-4-5-12)7-2-1-3-14(18)11-20-8-6-15-13(10-20)9-16(21)23-15/h1-3,7,9,12,14-15H,4-6,8,10-11H2. The summed E-state index contributed by atoms with van der Waals surface area (Å²) in [5.41, 5.74) is -0.707. The minimum absolute atomic E-state index is 0.0871. The summed E-state index contributed by atoms with van der Waals surface area (Å²) >= 11 is 1.40. The van der Waals surface area contributed by atoms with Crippen LogP contribution in [0.2, 0.25) is 0 Å². The van der Waals surface area contributed by atoms with Crippen molar-refractivity contribution in [3.05, 3.63) is 36.0 Å². The SMILES string of the molecule is O=C1C=C2CN(CC3C=CC=CC3(F)C(=O)C3CC3)CCC2S1. The predicted octanol–water partition coefficient (Wildman–Crippen LogP) is 2.69. The highest BCUT2D eigenvalue weighted by molar-refractivity contribution is 8.15. The first-order valence-corrected chi connectivity index (χ1v) is 9.17. The first kappa shape index (κ1) is 15.3. The molecule has 0 aromatic heterocycles. The van der Waals surface area contributed by atoms with E-state index in [0.717, 1.165) is 31.4 Å². The van der Waals surface area contributed by atoms with Gasteiger partial charge in [0.1, 0.15) is 0 Å². The maximum absolute atomic E-state index is 15.4. The van der Waals surface area contributed by atoms with Crippen molar-refractivity contribution in [3.63, 3.8) is 0 Å². The Balaban J connectivity index is 1.47. The molecular weight excluding hydrogens is 313 g/mol. The van der Waals surface area contributed by atoms with Gasteiger partial charge in [-0.2, -0.15) is 0 Å². The van der Waals surface area contributed by atoms with Crippen molar-refractivity contribution in [1.29, 1.82) is 0 Å². The molecule has 3 nitrogen and oxygen atoms in total. The lowest BCUT2D eigenvalue weighted by molar-refractivity contribution is -0.131. The number of carbonyl (C=O) groups excluding carboxylic acids is 2. The van der Waals surface area contributed by atoms with Crippen molar-refractivity contribution in [3.8, 4) is 0 Å². The maximum Gasteiger partial charge on any atom is 0.212 e. The van der Waals surface area contributed by atoms with Crippen molar-refractivity contribution in [2.75, 3.05) is 19.6 Å². The van der Waals surface area contributed by atoms with E-state index in [2.05, 4.69) is 4.90 Å². The van der Waals surface area contributed by atoms with Crippen LogP contribution in [-0.4, -0.2) is 46.4 Å². The summed E-state index contributed by atoms with van der Waals surface area (Å²) in [6.45, 7) is 2.09. The number of fused-ring (bicyclic) bond motifs is 1. The summed E-state index contributed by atoms with van der Waals surface area (Å²) in [7, 11) is 0. The fraction of sp³-hybridized carbons (Fsp3) is 0.556. The van der Waals surface area contributed by atoms with Crippen molar-refractivity contribution >= 4 is 22.7 Å². The van der Waals surface area contributed by atoms with Crippen molar-refractivity contribution in [2.45, 2.75) is 30.2 Å². The largest absolute Gasteiger partial charge is 0.299 e. The zero-order valence-electron chi connectivity index (χ0n) is 12.9. The Bertz CT molecular complexity index is 637. The Labute approximate surface area is 139 Å². The van der Waals surface area contributed by atoms with Crippen molar-refractivity contribution in [1.82, 2.24) is 4.90 Å². The highest BCUT2D eigenvalue weighted by atomic mass is 32.2. The van der Waals surface area contributed by atoms with E-state index in [1.54, 1.807) is 12.2 Å². The van der Waals surface area contributed by atoms with Gasteiger partial charge in [-0.25, -0.2) is 4.39 Å². The van der Waals surface area contributed by atoms with Gasteiger partial charge in [0, 0.05) is 30.2 Å². The molecule has 0 bridgehead atoms. The number of rotatable bonds is 4. The van der Waals surface area contributed by atoms with Gasteiger partial charge < -0.3 is 0 Å². The van der Waals surface area contributed by atoms with Crippen LogP contribution in [0.1, 0.15) is 19.3 Å². The lowest BCUT2D eigenvalue weighted by Gasteiger charge is -2.37. The van der Waals surface area contributed by atoms with Gasteiger partial charge in [-0.05, 0) is 43.5 Å². The molecule has 0 aromatic carbocycles. The Morgan fingerprint density at radius 2 is 2.17 bits per heavy atom. The molecule has 5 heteroatoms. The van der Waals surface area contributed by atoms with E-state index in [-0.39, 0.29) is 16.8 Å². The maximum atomic E-state index is 15.4. The minimum Gasteiger partial charge on any atom is -0.299 e. The Kier molecular flexibility index (Phi) is 3.81. The summed E-state index contributed by atoms with van der Waals surface area (Å²) in [5.74, 6) is -0.762. The van der Waals surface area contributed by atoms with Crippen LogP contribution in [0.4, 0.5) is 4.39 Å². The molecule has 3 atom stereocenters. The number of nitrogens with zero attached hydrogens (tertiary/aromatic N) is 1. The number of piperidine rings is 1. The Hall–Kier alpha value is -1.20. The lowest BCUT2D eigenvalue weighted by atomic mass is 9.80. The molecular formula is C18H20FNO2S. The number of ketones is 1. The number of Topliss-reactive ketones (excluding diaryl/α,β-unsaturated/α-hetero) is 1. The first-order valence-electron chi connectivity index (χ1n) is 8.29. The molecule has 0 N–H and O–H groups in total. The molecule has 4 aliphatic rings. The zero-order chi connectivity index (χ0) is 16.0. The predicted molar refractivity (Wildman–Crippen MR) is 88.9 cm³/mol. The quantitative estimate of drug-likeness (QED) is 0.793. The van der Waals surface area contributed by atoms with Gasteiger partial charge in [0.2, 0.25) is 5.12 Å². The van der Waals surface area contributed by atoms with Crippen LogP contribution in [0.5, 0.6) is 0 Å². The summed E-state index contributed by atoms with van der Waals surface area (Å²) < 4.78 is 15.4. The highest BCUT2D eigenvalue weighted by Gasteiger charge is 2.50. The van der Waals surface area contributed by atoms with E-state index < -0.39 is 11.6 Å². The second kappa shape index (κ2) is 5.71. The van der Waals surface area contributed by atoms with Crippen LogP contribution in [0.3, 0.4) is 0 Å². The second-order valence-electron chi connectivity index (χ2n) is 6.93. The fourth-order valence-electron chi connectivity index (χ4n) is 3.73. The van der Waals surface area contributed by atoms with Crippen LogP contribution in [-0.2, 0) is 9.59 Å². The molecule has 2 fully saturated rings. The molecule has 4 rings (SSSR count). The van der Waals surface area contributed by atoms with Gasteiger partial charge in [0.15, 0.2) is 11.5 Å². The van der Waals surface area contributed by atoms with E-state index >= 15 is 4.39 Å². The molecule has 23 heavy (non-hydrogen) atoms. The number of hydrogen-bond acceptors (Lipinski definition) is 4. The van der Waals surface area contributed by atoms with Gasteiger partial charge in [-0.15, -0.1) is 0 Å². The monoisotopic (exact) mass is 333 g/mol. The van der Waals surface area contributed by atoms with Crippen LogP contribution in [0.15, 0.2) is 36.0 Å². The van der Waals surface area contributed by atoms with Crippen LogP contribution in [0, 0.1) is 11.8 Å². The van der Waals surface area contributed by atoms with Crippen LogP contribution >= 0.6 is 11.8 Å². The number of halogens is 1. The zero-order valence-corrected chi connectivity index (χ0v) is 13.7. The number of allylic oxidation sites excluding steroid dienone is 3. The van der Waals surface area contributed by atoms with Crippen molar-refractivity contribution in [2.24, 2.45) is 11.8 Å². The van der Waals surface area contributed by atoms with E-state index in [9.17, 15) is 9.59 Å². The van der Waals surface area contributed by atoms with E-state index in [1.807, 2.05) is 12.2 Å². The molecule has 2 aliphatic heterocycles. The fourth-order valence-corrected chi connectivity index (χ4v) is 4.75. The lowest BCUT2D eigenvalue weighted by Crippen LogP contribution is -2.48. The summed E-state index contributed by atoms with van der Waals surface area (Å²) in [6.07, 6.45) is 11.1. The topological polar surface area (TPSA) is 37.4 Å². The number of alkyl halides is 1. The second-order valence-corrected chi connectivity index (χ2v) is 8.13. The molecule has 122 valence electrons. The van der Waals surface area contributed by atoms with Crippen molar-refractivity contribution < 1.29 is 14.0 Å². The normalized spacial score (nSPS) is 36.9. The summed E-state index contributed by atoms with van der Waals surface area (Å²) in [6, 6.07) is 0. The van der Waals surface area contributed by atoms with E-state index in [0.29, 0.717) is 18.3 Å². The van der Waals surface area contributed by atoms with Gasteiger partial charge in [0.05, 0.1) is 0 Å². The van der Waals surface area contributed by atoms with Crippen LogP contribution in [0.25, 0.3) is 0 Å². The molecule has 2 heterocycles. The molecule has 0 radical (unpaired) electrons. The van der Waals surface area contributed by atoms with Gasteiger partial charge in [-0.1, -0.05) is 30.0 Å². The van der Waals surface area contributed by atoms with Crippen LogP contribution < -0.4 is 0 Å². The molecule has 3 unspecified atom stereocenters. The molecule has 1 saturated heterocycles. The Morgan fingerprint density at radius 1 is 1.35 bits per heavy atom. The smallest absolute Gasteiger partial charge is 0.212 e. The number of hydrogen-bond donors (Lipinski definition) is 0. The molecule has 1 saturated carbocycles. The minimum atomic E-state index is -1.86. The first-order chi connectivity index (χ1) is 11.1. The van der Waals surface area contributed by atoms with Gasteiger partial charge in [-0.3, -0.25) is 14.5 Å². The van der Waals surface area contributed by atoms with E-state index in [1.165, 1.54) is 17.8 Å². The third-order valence-electron chi connectivity index (χ3n) is 5.20. The molecule has 0 spiro atoms.